The molecule has 0 unspecified atom stereocenters. The molecule has 4 nitrogen and oxygen atoms in total. The van der Waals surface area contributed by atoms with Crippen LogP contribution in [0.15, 0.2) is 42.5 Å². The molecule has 3 aromatic rings. The van der Waals surface area contributed by atoms with Gasteiger partial charge in [-0.3, -0.25) is 9.78 Å². The fourth-order valence-corrected chi connectivity index (χ4v) is 3.25. The van der Waals surface area contributed by atoms with Crippen LogP contribution >= 0.6 is 0 Å². The largest absolute Gasteiger partial charge is 0.348 e. The van der Waals surface area contributed by atoms with Crippen molar-refractivity contribution in [3.05, 3.63) is 76.2 Å². The molecule has 0 saturated carbocycles. The highest BCUT2D eigenvalue weighted by molar-refractivity contribution is 6.02. The molecule has 0 aliphatic rings. The Kier molecular flexibility index (Phi) is 5.18. The van der Waals surface area contributed by atoms with E-state index < -0.39 is 0 Å². The number of carbonyl (C=O) groups is 1. The van der Waals surface area contributed by atoms with Crippen LogP contribution in [0.4, 0.5) is 4.39 Å². The Morgan fingerprint density at radius 2 is 2.00 bits per heavy atom. The zero-order valence-corrected chi connectivity index (χ0v) is 15.5. The molecule has 0 aliphatic carbocycles. The molecular formula is C22H20FN3O. The SMILES string of the molecule is Cc1c(C(=O)NCc2cccc(F)c2)c(C(C)C)nc2cccc(C#N)c12. The smallest absolute Gasteiger partial charge is 0.253 e. The molecule has 0 bridgehead atoms. The average molecular weight is 361 g/mol. The number of hydrogen-bond acceptors (Lipinski definition) is 3. The van der Waals surface area contributed by atoms with Crippen molar-refractivity contribution in [3.63, 3.8) is 0 Å². The molecule has 3 rings (SSSR count). The number of hydrogen-bond donors (Lipinski definition) is 1. The predicted molar refractivity (Wildman–Crippen MR) is 103 cm³/mol. The summed E-state index contributed by atoms with van der Waals surface area (Å²) in [5, 5.41) is 13.0. The van der Waals surface area contributed by atoms with Crippen LogP contribution in [0.25, 0.3) is 10.9 Å². The number of amides is 1. The standard InChI is InChI=1S/C22H20FN3O/c1-13(2)21-20(22(27)25-12-15-6-4-8-17(23)10-15)14(3)19-16(11-24)7-5-9-18(19)26-21/h4-10,13H,12H2,1-3H3,(H,25,27). The number of nitrogens with zero attached hydrogens (tertiary/aromatic N) is 2. The molecular weight excluding hydrogens is 341 g/mol. The van der Waals surface area contributed by atoms with E-state index in [1.54, 1.807) is 24.3 Å². The van der Waals surface area contributed by atoms with Crippen LogP contribution in [0.2, 0.25) is 0 Å². The zero-order valence-electron chi connectivity index (χ0n) is 15.5. The number of pyridine rings is 1. The third kappa shape index (κ3) is 3.65. The Morgan fingerprint density at radius 3 is 2.67 bits per heavy atom. The monoisotopic (exact) mass is 361 g/mol. The highest BCUT2D eigenvalue weighted by atomic mass is 19.1. The fourth-order valence-electron chi connectivity index (χ4n) is 3.25. The highest BCUT2D eigenvalue weighted by Crippen LogP contribution is 2.29. The average Bonchev–Trinajstić information content (AvgIpc) is 2.65. The van der Waals surface area contributed by atoms with Crippen molar-refractivity contribution in [2.24, 2.45) is 0 Å². The maximum atomic E-state index is 13.4. The summed E-state index contributed by atoms with van der Waals surface area (Å²) in [6, 6.07) is 13.7. The van der Waals surface area contributed by atoms with Gasteiger partial charge >= 0.3 is 0 Å². The molecule has 136 valence electrons. The molecule has 1 N–H and O–H groups in total. The summed E-state index contributed by atoms with van der Waals surface area (Å²) < 4.78 is 13.4. The number of benzene rings is 2. The number of fused-ring (bicyclic) bond motifs is 1. The number of halogens is 1. The molecule has 1 heterocycles. The van der Waals surface area contributed by atoms with Crippen LogP contribution in [0.1, 0.15) is 52.5 Å². The van der Waals surface area contributed by atoms with Gasteiger partial charge in [-0.2, -0.15) is 5.26 Å². The molecule has 0 atom stereocenters. The van der Waals surface area contributed by atoms with Gasteiger partial charge in [0.1, 0.15) is 5.82 Å². The van der Waals surface area contributed by atoms with Gasteiger partial charge in [-0.05, 0) is 48.2 Å². The minimum Gasteiger partial charge on any atom is -0.348 e. The fraction of sp³-hybridized carbons (Fsp3) is 0.227. The molecule has 0 fully saturated rings. The van der Waals surface area contributed by atoms with E-state index in [0.717, 1.165) is 5.56 Å². The van der Waals surface area contributed by atoms with Crippen molar-refractivity contribution >= 4 is 16.8 Å². The van der Waals surface area contributed by atoms with E-state index in [1.165, 1.54) is 12.1 Å². The van der Waals surface area contributed by atoms with E-state index in [-0.39, 0.29) is 24.2 Å². The maximum Gasteiger partial charge on any atom is 0.253 e. The third-order valence-electron chi connectivity index (χ3n) is 4.53. The lowest BCUT2D eigenvalue weighted by Gasteiger charge is -2.17. The van der Waals surface area contributed by atoms with Gasteiger partial charge in [0, 0.05) is 11.9 Å². The highest BCUT2D eigenvalue weighted by Gasteiger charge is 2.21. The van der Waals surface area contributed by atoms with Crippen LogP contribution in [0.5, 0.6) is 0 Å². The Hall–Kier alpha value is -3.26. The second kappa shape index (κ2) is 7.55. The predicted octanol–water partition coefficient (Wildman–Crippen LogP) is 4.61. The van der Waals surface area contributed by atoms with Crippen molar-refractivity contribution in [1.82, 2.24) is 10.3 Å². The van der Waals surface area contributed by atoms with Gasteiger partial charge in [-0.15, -0.1) is 0 Å². The molecule has 0 spiro atoms. The van der Waals surface area contributed by atoms with Gasteiger partial charge in [-0.1, -0.05) is 32.0 Å². The molecule has 5 heteroatoms. The minimum atomic E-state index is -0.341. The van der Waals surface area contributed by atoms with Gasteiger partial charge in [0.2, 0.25) is 0 Å². The first-order valence-corrected chi connectivity index (χ1v) is 8.78. The number of rotatable bonds is 4. The van der Waals surface area contributed by atoms with Crippen LogP contribution in [0.3, 0.4) is 0 Å². The number of nitriles is 1. The maximum absolute atomic E-state index is 13.4. The van der Waals surface area contributed by atoms with Crippen molar-refractivity contribution < 1.29 is 9.18 Å². The summed E-state index contributed by atoms with van der Waals surface area (Å²) in [5.41, 5.74) is 3.78. The molecule has 1 amide bonds. The third-order valence-corrected chi connectivity index (χ3v) is 4.53. The molecule has 2 aromatic carbocycles. The van der Waals surface area contributed by atoms with Crippen molar-refractivity contribution in [2.45, 2.75) is 33.2 Å². The minimum absolute atomic E-state index is 0.0359. The second-order valence-electron chi connectivity index (χ2n) is 6.78. The van der Waals surface area contributed by atoms with Gasteiger partial charge in [0.15, 0.2) is 0 Å². The van der Waals surface area contributed by atoms with E-state index in [0.29, 0.717) is 33.3 Å². The number of aryl methyl sites for hydroxylation is 1. The Labute approximate surface area is 157 Å². The van der Waals surface area contributed by atoms with Crippen LogP contribution in [-0.2, 0) is 6.54 Å². The van der Waals surface area contributed by atoms with Gasteiger partial charge in [0.05, 0.1) is 28.4 Å². The van der Waals surface area contributed by atoms with Crippen LogP contribution in [-0.4, -0.2) is 10.9 Å². The number of nitrogens with one attached hydrogen (secondary N) is 1. The van der Waals surface area contributed by atoms with Crippen molar-refractivity contribution in [1.29, 1.82) is 5.26 Å². The summed E-state index contributed by atoms with van der Waals surface area (Å²) in [4.78, 5) is 17.6. The first kappa shape index (κ1) is 18.5. The van der Waals surface area contributed by atoms with E-state index >= 15 is 0 Å². The normalized spacial score (nSPS) is 10.8. The zero-order chi connectivity index (χ0) is 19.6. The molecule has 0 saturated heterocycles. The summed E-state index contributed by atoms with van der Waals surface area (Å²) in [6.45, 7) is 6.01. The first-order valence-electron chi connectivity index (χ1n) is 8.78. The lowest BCUT2D eigenvalue weighted by atomic mass is 9.93. The summed E-state index contributed by atoms with van der Waals surface area (Å²) in [6.07, 6.45) is 0. The first-order chi connectivity index (χ1) is 12.9. The second-order valence-corrected chi connectivity index (χ2v) is 6.78. The lowest BCUT2D eigenvalue weighted by Crippen LogP contribution is -2.26. The van der Waals surface area contributed by atoms with Gasteiger partial charge in [0.25, 0.3) is 5.91 Å². The molecule has 1 aromatic heterocycles. The van der Waals surface area contributed by atoms with Gasteiger partial charge in [-0.25, -0.2) is 4.39 Å². The summed E-state index contributed by atoms with van der Waals surface area (Å²) >= 11 is 0. The van der Waals surface area contributed by atoms with E-state index in [9.17, 15) is 14.4 Å². The summed E-state index contributed by atoms with van der Waals surface area (Å²) in [7, 11) is 0. The molecule has 0 aliphatic heterocycles. The van der Waals surface area contributed by atoms with E-state index in [2.05, 4.69) is 16.4 Å². The quantitative estimate of drug-likeness (QED) is 0.738. The topological polar surface area (TPSA) is 65.8 Å². The van der Waals surface area contributed by atoms with Crippen molar-refractivity contribution in [3.8, 4) is 6.07 Å². The molecule has 27 heavy (non-hydrogen) atoms. The van der Waals surface area contributed by atoms with E-state index in [4.69, 9.17) is 0 Å². The Bertz CT molecular complexity index is 1070. The number of aromatic nitrogens is 1. The Morgan fingerprint density at radius 1 is 1.26 bits per heavy atom. The molecule has 0 radical (unpaired) electrons. The van der Waals surface area contributed by atoms with E-state index in [1.807, 2.05) is 26.8 Å². The van der Waals surface area contributed by atoms with Gasteiger partial charge < -0.3 is 5.32 Å². The lowest BCUT2D eigenvalue weighted by molar-refractivity contribution is 0.0948. The number of carbonyl (C=O) groups excluding carboxylic acids is 1. The van der Waals surface area contributed by atoms with Crippen LogP contribution < -0.4 is 5.32 Å². The van der Waals surface area contributed by atoms with Crippen LogP contribution in [0, 0.1) is 24.1 Å². The Balaban J connectivity index is 2.06. The van der Waals surface area contributed by atoms with Crippen molar-refractivity contribution in [2.75, 3.05) is 0 Å². The summed E-state index contributed by atoms with van der Waals surface area (Å²) in [5.74, 6) is -0.580.